The fraction of sp³-hybridized carbons (Fsp3) is 0.625. The van der Waals surface area contributed by atoms with Crippen molar-refractivity contribution in [1.29, 1.82) is 0 Å². The summed E-state index contributed by atoms with van der Waals surface area (Å²) in [6.45, 7) is 2.59. The highest BCUT2D eigenvalue weighted by molar-refractivity contribution is 9.10. The van der Waals surface area contributed by atoms with Crippen LogP contribution in [0, 0.1) is 5.82 Å². The number of aliphatic hydroxyl groups excluding tert-OH is 1. The molecule has 112 valence electrons. The summed E-state index contributed by atoms with van der Waals surface area (Å²) < 4.78 is 19.6. The van der Waals surface area contributed by atoms with Crippen molar-refractivity contribution in [3.05, 3.63) is 34.1 Å². The van der Waals surface area contributed by atoms with Crippen LogP contribution in [0.2, 0.25) is 0 Å². The fourth-order valence-corrected chi connectivity index (χ4v) is 3.51. The lowest BCUT2D eigenvalue weighted by Crippen LogP contribution is -2.47. The van der Waals surface area contributed by atoms with E-state index >= 15 is 0 Å². The Bertz CT molecular complexity index is 439. The second kappa shape index (κ2) is 7.01. The van der Waals surface area contributed by atoms with Crippen molar-refractivity contribution in [2.24, 2.45) is 0 Å². The minimum Gasteiger partial charge on any atom is -0.390 e. The highest BCUT2D eigenvalue weighted by atomic mass is 79.9. The molecule has 0 aliphatic heterocycles. The Kier molecular flexibility index (Phi) is 5.58. The van der Waals surface area contributed by atoms with Gasteiger partial charge in [-0.1, -0.05) is 25.3 Å². The zero-order valence-electron chi connectivity index (χ0n) is 11.9. The molecule has 1 unspecified atom stereocenters. The first-order valence-electron chi connectivity index (χ1n) is 7.33. The molecule has 1 aliphatic rings. The summed E-state index contributed by atoms with van der Waals surface area (Å²) in [7, 11) is 0. The molecule has 0 amide bonds. The van der Waals surface area contributed by atoms with Crippen LogP contribution in [0.4, 0.5) is 4.39 Å². The van der Waals surface area contributed by atoms with Gasteiger partial charge >= 0.3 is 0 Å². The van der Waals surface area contributed by atoms with Gasteiger partial charge < -0.3 is 9.84 Å². The van der Waals surface area contributed by atoms with Crippen molar-refractivity contribution in [1.82, 2.24) is 0 Å². The standard InChI is InChI=1S/C16H22BrFO2/c1-2-20-16(8-4-3-5-9-16)15(19)11-12-6-7-14(18)13(17)10-12/h6-7,10,15,19H,2-5,8-9,11H2,1H3. The Morgan fingerprint density at radius 2 is 2.05 bits per heavy atom. The smallest absolute Gasteiger partial charge is 0.137 e. The monoisotopic (exact) mass is 344 g/mol. The van der Waals surface area contributed by atoms with Crippen molar-refractivity contribution in [3.63, 3.8) is 0 Å². The van der Waals surface area contributed by atoms with Gasteiger partial charge in [0.1, 0.15) is 5.82 Å². The number of rotatable bonds is 5. The third-order valence-corrected chi connectivity index (χ3v) is 4.76. The van der Waals surface area contributed by atoms with Gasteiger partial charge in [0, 0.05) is 13.0 Å². The zero-order chi connectivity index (χ0) is 14.6. The number of benzene rings is 1. The molecule has 0 spiro atoms. The average Bonchev–Trinajstić information content (AvgIpc) is 2.44. The molecule has 0 heterocycles. The highest BCUT2D eigenvalue weighted by Crippen LogP contribution is 2.36. The van der Waals surface area contributed by atoms with Crippen LogP contribution in [0.1, 0.15) is 44.6 Å². The van der Waals surface area contributed by atoms with E-state index < -0.39 is 11.7 Å². The lowest BCUT2D eigenvalue weighted by Gasteiger charge is -2.41. The fourth-order valence-electron chi connectivity index (χ4n) is 3.09. The first-order chi connectivity index (χ1) is 9.57. The Morgan fingerprint density at radius 3 is 2.65 bits per heavy atom. The predicted molar refractivity (Wildman–Crippen MR) is 81.3 cm³/mol. The van der Waals surface area contributed by atoms with Crippen molar-refractivity contribution >= 4 is 15.9 Å². The van der Waals surface area contributed by atoms with Crippen LogP contribution in [0.5, 0.6) is 0 Å². The van der Waals surface area contributed by atoms with Crippen LogP contribution in [0.3, 0.4) is 0 Å². The van der Waals surface area contributed by atoms with E-state index in [1.165, 1.54) is 12.5 Å². The van der Waals surface area contributed by atoms with Gasteiger partial charge in [0.2, 0.25) is 0 Å². The SMILES string of the molecule is CCOC1(C(O)Cc2ccc(F)c(Br)c2)CCCCC1. The normalized spacial score (nSPS) is 19.8. The van der Waals surface area contributed by atoms with Gasteiger partial charge in [0.25, 0.3) is 0 Å². The molecule has 4 heteroatoms. The Hall–Kier alpha value is -0.450. The summed E-state index contributed by atoms with van der Waals surface area (Å²) in [5, 5.41) is 10.6. The third kappa shape index (κ3) is 3.60. The van der Waals surface area contributed by atoms with Gasteiger partial charge in [-0.05, 0) is 53.4 Å². The van der Waals surface area contributed by atoms with Crippen molar-refractivity contribution < 1.29 is 14.2 Å². The Morgan fingerprint density at radius 1 is 1.35 bits per heavy atom. The van der Waals surface area contributed by atoms with Gasteiger partial charge in [0.05, 0.1) is 16.2 Å². The summed E-state index contributed by atoms with van der Waals surface area (Å²) in [6.07, 6.45) is 5.19. The number of halogens is 2. The van der Waals surface area contributed by atoms with Gasteiger partial charge in [-0.2, -0.15) is 0 Å². The van der Waals surface area contributed by atoms with E-state index in [1.54, 1.807) is 12.1 Å². The maximum absolute atomic E-state index is 13.3. The number of aliphatic hydroxyl groups is 1. The molecule has 0 saturated heterocycles. The van der Waals surface area contributed by atoms with E-state index in [4.69, 9.17) is 4.74 Å². The molecule has 0 radical (unpaired) electrons. The summed E-state index contributed by atoms with van der Waals surface area (Å²) in [5.41, 5.74) is 0.504. The summed E-state index contributed by atoms with van der Waals surface area (Å²) in [6, 6.07) is 4.90. The van der Waals surface area contributed by atoms with E-state index in [-0.39, 0.29) is 5.82 Å². The Balaban J connectivity index is 2.11. The van der Waals surface area contributed by atoms with Crippen LogP contribution in [-0.2, 0) is 11.2 Å². The average molecular weight is 345 g/mol. The van der Waals surface area contributed by atoms with Crippen LogP contribution in [-0.4, -0.2) is 23.4 Å². The van der Waals surface area contributed by atoms with Crippen LogP contribution in [0.25, 0.3) is 0 Å². The molecule has 0 aromatic heterocycles. The number of hydrogen-bond donors (Lipinski definition) is 1. The molecule has 1 aromatic rings. The topological polar surface area (TPSA) is 29.5 Å². The van der Waals surface area contributed by atoms with Crippen molar-refractivity contribution in [2.45, 2.75) is 57.2 Å². The number of hydrogen-bond acceptors (Lipinski definition) is 2. The summed E-state index contributed by atoms with van der Waals surface area (Å²) >= 11 is 3.19. The largest absolute Gasteiger partial charge is 0.390 e. The van der Waals surface area contributed by atoms with Gasteiger partial charge in [-0.15, -0.1) is 0 Å². The minimum absolute atomic E-state index is 0.277. The molecule has 2 nitrogen and oxygen atoms in total. The van der Waals surface area contributed by atoms with Crippen LogP contribution in [0.15, 0.2) is 22.7 Å². The molecule has 1 fully saturated rings. The highest BCUT2D eigenvalue weighted by Gasteiger charge is 2.39. The second-order valence-electron chi connectivity index (χ2n) is 5.53. The van der Waals surface area contributed by atoms with Crippen molar-refractivity contribution in [2.75, 3.05) is 6.61 Å². The molecule has 1 atom stereocenters. The molecule has 2 rings (SSSR count). The molecule has 1 N–H and O–H groups in total. The van der Waals surface area contributed by atoms with E-state index in [9.17, 15) is 9.50 Å². The molecule has 20 heavy (non-hydrogen) atoms. The Labute approximate surface area is 128 Å². The minimum atomic E-state index is -0.542. The van der Waals surface area contributed by atoms with E-state index in [2.05, 4.69) is 15.9 Å². The molecular formula is C16H22BrFO2. The maximum atomic E-state index is 13.3. The van der Waals surface area contributed by atoms with E-state index in [1.807, 2.05) is 6.92 Å². The molecule has 1 aliphatic carbocycles. The van der Waals surface area contributed by atoms with E-state index in [0.717, 1.165) is 31.2 Å². The maximum Gasteiger partial charge on any atom is 0.137 e. The quantitative estimate of drug-likeness (QED) is 0.865. The second-order valence-corrected chi connectivity index (χ2v) is 6.38. The molecule has 0 bridgehead atoms. The number of ether oxygens (including phenoxy) is 1. The lowest BCUT2D eigenvalue weighted by molar-refractivity contribution is -0.138. The first kappa shape index (κ1) is 15.9. The lowest BCUT2D eigenvalue weighted by atomic mass is 9.78. The van der Waals surface area contributed by atoms with E-state index in [0.29, 0.717) is 17.5 Å². The third-order valence-electron chi connectivity index (χ3n) is 4.15. The molecule has 1 saturated carbocycles. The molecular weight excluding hydrogens is 323 g/mol. The first-order valence-corrected chi connectivity index (χ1v) is 8.12. The summed E-state index contributed by atoms with van der Waals surface area (Å²) in [5.74, 6) is -0.277. The van der Waals surface area contributed by atoms with Gasteiger partial charge in [-0.25, -0.2) is 4.39 Å². The van der Waals surface area contributed by atoms with Crippen LogP contribution >= 0.6 is 15.9 Å². The van der Waals surface area contributed by atoms with Gasteiger partial charge in [-0.3, -0.25) is 0 Å². The van der Waals surface area contributed by atoms with Crippen molar-refractivity contribution in [3.8, 4) is 0 Å². The summed E-state index contributed by atoms with van der Waals surface area (Å²) in [4.78, 5) is 0. The van der Waals surface area contributed by atoms with Crippen LogP contribution < -0.4 is 0 Å². The van der Waals surface area contributed by atoms with Gasteiger partial charge in [0.15, 0.2) is 0 Å². The zero-order valence-corrected chi connectivity index (χ0v) is 13.5. The molecule has 1 aromatic carbocycles. The predicted octanol–water partition coefficient (Wildman–Crippen LogP) is 4.23.